The predicted molar refractivity (Wildman–Crippen MR) is 112 cm³/mol. The summed E-state index contributed by atoms with van der Waals surface area (Å²) in [5, 5.41) is 11.2. The first-order valence-corrected chi connectivity index (χ1v) is 10.2. The van der Waals surface area contributed by atoms with Crippen LogP contribution in [0.15, 0.2) is 41.7 Å². The number of hydrogen-bond acceptors (Lipinski definition) is 5. The van der Waals surface area contributed by atoms with E-state index in [-0.39, 0.29) is 36.0 Å². The first-order valence-electron chi connectivity index (χ1n) is 10.2. The van der Waals surface area contributed by atoms with Gasteiger partial charge >= 0.3 is 0 Å². The molecule has 1 aromatic carbocycles. The molecule has 0 unspecified atom stereocenters. The number of carbonyl (C=O) groups excluding carboxylic acids is 1. The number of rotatable bonds is 9. The number of ether oxygens (including phenoxy) is 1. The number of nitrogens with one attached hydrogen (secondary N) is 2. The molecule has 1 fully saturated rings. The van der Waals surface area contributed by atoms with Crippen molar-refractivity contribution < 1.29 is 9.53 Å². The zero-order valence-corrected chi connectivity index (χ0v) is 16.7. The van der Waals surface area contributed by atoms with Gasteiger partial charge in [-0.2, -0.15) is 0 Å². The third-order valence-corrected chi connectivity index (χ3v) is 5.02. The lowest BCUT2D eigenvalue weighted by Crippen LogP contribution is -2.36. The van der Waals surface area contributed by atoms with Crippen molar-refractivity contribution in [2.45, 2.75) is 57.4 Å². The number of hydrogen-bond donors (Lipinski definition) is 2. The number of aromatic amines is 1. The summed E-state index contributed by atoms with van der Waals surface area (Å²) in [5.41, 5.74) is 0.664. The minimum absolute atomic E-state index is 0.0356. The quantitative estimate of drug-likeness (QED) is 0.501. The Labute approximate surface area is 170 Å². The van der Waals surface area contributed by atoms with Gasteiger partial charge in [0.25, 0.3) is 5.56 Å². The van der Waals surface area contributed by atoms with E-state index in [4.69, 9.17) is 4.74 Å². The van der Waals surface area contributed by atoms with Gasteiger partial charge in [-0.25, -0.2) is 0 Å². The minimum atomic E-state index is -0.321. The van der Waals surface area contributed by atoms with E-state index in [0.29, 0.717) is 23.7 Å². The second kappa shape index (κ2) is 10.5. The van der Waals surface area contributed by atoms with Gasteiger partial charge in [0.1, 0.15) is 11.4 Å². The Morgan fingerprint density at radius 3 is 2.86 bits per heavy atom. The molecule has 1 aliphatic carbocycles. The zero-order valence-electron chi connectivity index (χ0n) is 16.7. The van der Waals surface area contributed by atoms with Gasteiger partial charge < -0.3 is 15.0 Å². The van der Waals surface area contributed by atoms with Crippen molar-refractivity contribution in [3.05, 3.63) is 53.0 Å². The molecule has 0 atom stereocenters. The monoisotopic (exact) mass is 396 g/mol. The summed E-state index contributed by atoms with van der Waals surface area (Å²) in [6.07, 6.45) is 8.70. The van der Waals surface area contributed by atoms with Gasteiger partial charge in [0, 0.05) is 24.4 Å². The van der Waals surface area contributed by atoms with E-state index in [0.717, 1.165) is 32.1 Å². The average Bonchev–Trinajstić information content (AvgIpc) is 2.74. The summed E-state index contributed by atoms with van der Waals surface area (Å²) >= 11 is 0. The highest BCUT2D eigenvalue weighted by Crippen LogP contribution is 2.20. The third-order valence-electron chi connectivity index (χ3n) is 5.02. The Hall–Kier alpha value is -2.96. The molecule has 0 saturated heterocycles. The molecule has 0 spiro atoms. The van der Waals surface area contributed by atoms with Crippen LogP contribution in [0.4, 0.5) is 0 Å². The van der Waals surface area contributed by atoms with Gasteiger partial charge in [0.2, 0.25) is 5.91 Å². The topological polar surface area (TPSA) is 97.0 Å². The summed E-state index contributed by atoms with van der Waals surface area (Å²) in [6, 6.07) is 7.58. The molecular formula is C22H28N4O3. The van der Waals surface area contributed by atoms with Crippen LogP contribution in [-0.4, -0.2) is 33.7 Å². The van der Waals surface area contributed by atoms with Gasteiger partial charge in [-0.05, 0) is 31.4 Å². The van der Waals surface area contributed by atoms with E-state index >= 15 is 0 Å². The molecular weight excluding hydrogens is 368 g/mol. The van der Waals surface area contributed by atoms with E-state index in [1.807, 2.05) is 18.2 Å². The molecule has 0 aliphatic heterocycles. The molecule has 1 saturated carbocycles. The molecule has 3 rings (SSSR count). The summed E-state index contributed by atoms with van der Waals surface area (Å²) in [6.45, 7) is 4.21. The minimum Gasteiger partial charge on any atom is -0.493 e. The molecule has 154 valence electrons. The largest absolute Gasteiger partial charge is 0.493 e. The Balaban J connectivity index is 1.58. The van der Waals surface area contributed by atoms with Crippen LogP contribution >= 0.6 is 0 Å². The second-order valence-corrected chi connectivity index (χ2v) is 7.31. The van der Waals surface area contributed by atoms with Gasteiger partial charge in [0.15, 0.2) is 5.82 Å². The number of nitrogens with zero attached hydrogens (tertiary/aromatic N) is 2. The molecule has 7 heteroatoms. The van der Waals surface area contributed by atoms with E-state index in [2.05, 4.69) is 27.1 Å². The van der Waals surface area contributed by atoms with Crippen LogP contribution in [0.25, 0.3) is 11.4 Å². The Morgan fingerprint density at radius 1 is 1.28 bits per heavy atom. The Kier molecular flexibility index (Phi) is 7.55. The van der Waals surface area contributed by atoms with Crippen LogP contribution in [0, 0.1) is 0 Å². The molecule has 1 aliphatic rings. The Bertz CT molecular complexity index is 888. The van der Waals surface area contributed by atoms with Gasteiger partial charge in [-0.3, -0.25) is 9.59 Å². The summed E-state index contributed by atoms with van der Waals surface area (Å²) in [4.78, 5) is 27.3. The smallest absolute Gasteiger partial charge is 0.273 e. The maximum atomic E-state index is 12.4. The SMILES string of the molecule is C=CCCOc1cccc(-c2nnc(CCC(=O)NC3CCCCC3)c(=O)[nH]2)c1. The first-order chi connectivity index (χ1) is 14.2. The van der Waals surface area contributed by atoms with Crippen molar-refractivity contribution in [1.29, 1.82) is 0 Å². The van der Waals surface area contributed by atoms with Crippen molar-refractivity contribution in [3.8, 4) is 17.1 Å². The lowest BCUT2D eigenvalue weighted by Gasteiger charge is -2.22. The average molecular weight is 396 g/mol. The lowest BCUT2D eigenvalue weighted by atomic mass is 9.95. The van der Waals surface area contributed by atoms with Gasteiger partial charge in [-0.15, -0.1) is 16.8 Å². The number of H-pyrrole nitrogens is 1. The number of aryl methyl sites for hydroxylation is 1. The van der Waals surface area contributed by atoms with Crippen LogP contribution in [0.2, 0.25) is 0 Å². The summed E-state index contributed by atoms with van der Waals surface area (Å²) < 4.78 is 5.63. The zero-order chi connectivity index (χ0) is 20.5. The Morgan fingerprint density at radius 2 is 2.10 bits per heavy atom. The maximum Gasteiger partial charge on any atom is 0.273 e. The molecule has 2 N–H and O–H groups in total. The predicted octanol–water partition coefficient (Wildman–Crippen LogP) is 3.17. The van der Waals surface area contributed by atoms with Crippen LogP contribution in [-0.2, 0) is 11.2 Å². The lowest BCUT2D eigenvalue weighted by molar-refractivity contribution is -0.122. The van der Waals surface area contributed by atoms with Crippen LogP contribution < -0.4 is 15.6 Å². The van der Waals surface area contributed by atoms with E-state index in [1.165, 1.54) is 6.42 Å². The summed E-state index contributed by atoms with van der Waals surface area (Å²) in [5.74, 6) is 1.03. The van der Waals surface area contributed by atoms with Crippen molar-refractivity contribution in [1.82, 2.24) is 20.5 Å². The first kappa shape index (κ1) is 20.8. The number of amides is 1. The highest BCUT2D eigenvalue weighted by molar-refractivity contribution is 5.76. The highest BCUT2D eigenvalue weighted by Gasteiger charge is 2.16. The molecule has 0 bridgehead atoms. The molecule has 1 heterocycles. The van der Waals surface area contributed by atoms with Crippen LogP contribution in [0.3, 0.4) is 0 Å². The molecule has 0 radical (unpaired) electrons. The van der Waals surface area contributed by atoms with E-state index < -0.39 is 0 Å². The molecule has 1 aromatic heterocycles. The molecule has 7 nitrogen and oxygen atoms in total. The van der Waals surface area contributed by atoms with E-state index in [1.54, 1.807) is 12.1 Å². The standard InChI is InChI=1S/C22H28N4O3/c1-2-3-14-29-18-11-7-8-16(15-18)21-24-22(28)19(25-26-21)12-13-20(27)23-17-9-5-4-6-10-17/h2,7-8,11,15,17H,1,3-6,9-10,12-14H2,(H,23,27)(H,24,26,28). The van der Waals surface area contributed by atoms with Crippen molar-refractivity contribution in [2.75, 3.05) is 6.61 Å². The van der Waals surface area contributed by atoms with Crippen molar-refractivity contribution >= 4 is 5.91 Å². The van der Waals surface area contributed by atoms with Crippen LogP contribution in [0.1, 0.15) is 50.6 Å². The normalized spacial score (nSPS) is 14.3. The third kappa shape index (κ3) is 6.27. The molecule has 1 amide bonds. The second-order valence-electron chi connectivity index (χ2n) is 7.31. The fraction of sp³-hybridized carbons (Fsp3) is 0.455. The van der Waals surface area contributed by atoms with Crippen molar-refractivity contribution in [3.63, 3.8) is 0 Å². The number of aromatic nitrogens is 3. The highest BCUT2D eigenvalue weighted by atomic mass is 16.5. The number of benzene rings is 1. The van der Waals surface area contributed by atoms with Crippen LogP contribution in [0.5, 0.6) is 5.75 Å². The van der Waals surface area contributed by atoms with Gasteiger partial charge in [-0.1, -0.05) is 37.5 Å². The van der Waals surface area contributed by atoms with Crippen molar-refractivity contribution in [2.24, 2.45) is 0 Å². The van der Waals surface area contributed by atoms with E-state index in [9.17, 15) is 9.59 Å². The number of carbonyl (C=O) groups is 1. The van der Waals surface area contributed by atoms with Gasteiger partial charge in [0.05, 0.1) is 6.61 Å². The maximum absolute atomic E-state index is 12.4. The molecule has 2 aromatic rings. The fourth-order valence-electron chi connectivity index (χ4n) is 3.43. The summed E-state index contributed by atoms with van der Waals surface area (Å²) in [7, 11) is 0. The fourth-order valence-corrected chi connectivity index (χ4v) is 3.43. The molecule has 29 heavy (non-hydrogen) atoms.